The van der Waals surface area contributed by atoms with Crippen molar-refractivity contribution in [2.24, 2.45) is 0 Å². The van der Waals surface area contributed by atoms with Gasteiger partial charge in [-0.3, -0.25) is 30.3 Å². The molecule has 9 nitrogen and oxygen atoms in total. The third-order valence-corrected chi connectivity index (χ3v) is 3.78. The van der Waals surface area contributed by atoms with Crippen LogP contribution in [0.15, 0.2) is 29.8 Å². The topological polar surface area (TPSA) is 129 Å². The predicted molar refractivity (Wildman–Crippen MR) is 92.5 cm³/mol. The maximum Gasteiger partial charge on any atom is 0.269 e. The molecule has 0 atom stereocenters. The highest BCUT2D eigenvalue weighted by molar-refractivity contribution is 5.55. The molecule has 0 radical (unpaired) electrons. The van der Waals surface area contributed by atoms with E-state index in [1.165, 1.54) is 52.0 Å². The summed E-state index contributed by atoms with van der Waals surface area (Å²) < 4.78 is 0. The Bertz CT molecular complexity index is 677. The van der Waals surface area contributed by atoms with Gasteiger partial charge < -0.3 is 0 Å². The minimum Gasteiger partial charge on any atom is -0.264 e. The Morgan fingerprint density at radius 1 is 0.880 bits per heavy atom. The zero-order chi connectivity index (χ0) is 19.4. The lowest BCUT2D eigenvalue weighted by atomic mass is 9.86. The fourth-order valence-corrected chi connectivity index (χ4v) is 2.33. The van der Waals surface area contributed by atoms with Gasteiger partial charge >= 0.3 is 0 Å². The summed E-state index contributed by atoms with van der Waals surface area (Å²) in [5.41, 5.74) is -1.50. The number of hydrogen-bond acceptors (Lipinski definition) is 6. The molecule has 0 amide bonds. The minimum absolute atomic E-state index is 0.0360. The standard InChI is InChI=1S/C16H21N3O6/c1-15(2,18(22)23)10-13(11-16(3,4)19(24)25)9-12-5-7-14(8-6-12)17(20)21/h5-9H,10-11H2,1-4H3. The van der Waals surface area contributed by atoms with Crippen LogP contribution in [0.3, 0.4) is 0 Å². The second-order valence-electron chi connectivity index (χ2n) is 7.14. The molecule has 0 aliphatic rings. The lowest BCUT2D eigenvalue weighted by Crippen LogP contribution is -2.35. The van der Waals surface area contributed by atoms with Crippen LogP contribution in [0, 0.1) is 30.3 Å². The van der Waals surface area contributed by atoms with Gasteiger partial charge in [-0.25, -0.2) is 0 Å². The summed E-state index contributed by atoms with van der Waals surface area (Å²) >= 11 is 0. The molecule has 0 unspecified atom stereocenters. The molecule has 1 aromatic rings. The zero-order valence-electron chi connectivity index (χ0n) is 14.6. The van der Waals surface area contributed by atoms with Gasteiger partial charge in [0.05, 0.1) is 4.92 Å². The fourth-order valence-electron chi connectivity index (χ4n) is 2.33. The number of benzene rings is 1. The highest BCUT2D eigenvalue weighted by atomic mass is 16.6. The molecule has 0 fully saturated rings. The maximum absolute atomic E-state index is 11.2. The van der Waals surface area contributed by atoms with Crippen LogP contribution >= 0.6 is 0 Å². The third kappa shape index (κ3) is 5.63. The van der Waals surface area contributed by atoms with E-state index in [4.69, 9.17) is 0 Å². The smallest absolute Gasteiger partial charge is 0.264 e. The molecular formula is C16H21N3O6. The molecule has 136 valence electrons. The van der Waals surface area contributed by atoms with Crippen molar-refractivity contribution in [1.82, 2.24) is 0 Å². The summed E-state index contributed by atoms with van der Waals surface area (Å²) in [7, 11) is 0. The van der Waals surface area contributed by atoms with Crippen LogP contribution in [0.5, 0.6) is 0 Å². The van der Waals surface area contributed by atoms with Gasteiger partial charge in [-0.15, -0.1) is 0 Å². The molecule has 0 heterocycles. The first-order valence-corrected chi connectivity index (χ1v) is 7.58. The molecule has 25 heavy (non-hydrogen) atoms. The van der Waals surface area contributed by atoms with Gasteiger partial charge in [0, 0.05) is 62.5 Å². The molecule has 0 N–H and O–H groups in total. The molecule has 1 rings (SSSR count). The van der Waals surface area contributed by atoms with Crippen molar-refractivity contribution < 1.29 is 14.8 Å². The largest absolute Gasteiger partial charge is 0.269 e. The summed E-state index contributed by atoms with van der Waals surface area (Å²) in [4.78, 5) is 31.7. The van der Waals surface area contributed by atoms with Crippen molar-refractivity contribution in [2.75, 3.05) is 0 Å². The summed E-state index contributed by atoms with van der Waals surface area (Å²) in [6, 6.07) is 5.66. The number of rotatable bonds is 8. The molecule has 0 aliphatic carbocycles. The molecule has 0 saturated carbocycles. The number of hydrogen-bond donors (Lipinski definition) is 0. The molecular weight excluding hydrogens is 330 g/mol. The number of non-ortho nitro benzene ring substituents is 1. The molecule has 1 aromatic carbocycles. The van der Waals surface area contributed by atoms with Gasteiger partial charge in [0.1, 0.15) is 0 Å². The van der Waals surface area contributed by atoms with Crippen LogP contribution in [0.25, 0.3) is 6.08 Å². The van der Waals surface area contributed by atoms with Crippen molar-refractivity contribution in [3.63, 3.8) is 0 Å². The first-order valence-electron chi connectivity index (χ1n) is 7.58. The Morgan fingerprint density at radius 3 is 1.60 bits per heavy atom. The van der Waals surface area contributed by atoms with Gasteiger partial charge in [-0.2, -0.15) is 0 Å². The Kier molecular flexibility index (Phi) is 5.96. The normalized spacial score (nSPS) is 11.7. The van der Waals surface area contributed by atoms with Gasteiger partial charge in [0.2, 0.25) is 11.1 Å². The quantitative estimate of drug-likeness (QED) is 0.516. The lowest BCUT2D eigenvalue weighted by molar-refractivity contribution is -0.564. The highest BCUT2D eigenvalue weighted by Crippen LogP contribution is 2.29. The van der Waals surface area contributed by atoms with Crippen LogP contribution in [0.4, 0.5) is 5.69 Å². The van der Waals surface area contributed by atoms with Crippen LogP contribution in [-0.2, 0) is 0 Å². The van der Waals surface area contributed by atoms with E-state index in [0.717, 1.165) is 0 Å². The molecule has 9 heteroatoms. The highest BCUT2D eigenvalue weighted by Gasteiger charge is 2.37. The number of nitrogens with zero attached hydrogens (tertiary/aromatic N) is 3. The van der Waals surface area contributed by atoms with Crippen LogP contribution in [0.2, 0.25) is 0 Å². The van der Waals surface area contributed by atoms with Gasteiger partial charge in [0.15, 0.2) is 0 Å². The van der Waals surface area contributed by atoms with E-state index in [9.17, 15) is 30.3 Å². The van der Waals surface area contributed by atoms with E-state index in [2.05, 4.69) is 0 Å². The molecule has 0 aromatic heterocycles. The third-order valence-electron chi connectivity index (χ3n) is 3.78. The Balaban J connectivity index is 3.22. The van der Waals surface area contributed by atoms with Gasteiger partial charge in [-0.05, 0) is 17.7 Å². The van der Waals surface area contributed by atoms with Crippen molar-refractivity contribution in [3.05, 3.63) is 65.7 Å². The summed E-state index contributed by atoms with van der Waals surface area (Å²) in [5, 5.41) is 33.1. The SMILES string of the molecule is CC(C)(CC(=Cc1ccc([N+](=O)[O-])cc1)CC(C)(C)[N+](=O)[O-])[N+](=O)[O-]. The van der Waals surface area contributed by atoms with E-state index in [1.54, 1.807) is 6.08 Å². The Morgan fingerprint density at radius 2 is 1.28 bits per heavy atom. The molecule has 0 saturated heterocycles. The Hall–Kier alpha value is -2.84. The molecule has 0 bridgehead atoms. The lowest BCUT2D eigenvalue weighted by Gasteiger charge is -2.22. The molecule has 0 aliphatic heterocycles. The van der Waals surface area contributed by atoms with Crippen LogP contribution in [0.1, 0.15) is 46.1 Å². The van der Waals surface area contributed by atoms with E-state index in [1.807, 2.05) is 0 Å². The van der Waals surface area contributed by atoms with Crippen LogP contribution in [-0.4, -0.2) is 25.8 Å². The first-order chi connectivity index (χ1) is 11.3. The average molecular weight is 351 g/mol. The first kappa shape index (κ1) is 20.2. The monoisotopic (exact) mass is 351 g/mol. The zero-order valence-corrected chi connectivity index (χ0v) is 14.6. The Labute approximate surface area is 144 Å². The van der Waals surface area contributed by atoms with Crippen LogP contribution < -0.4 is 0 Å². The molecule has 0 spiro atoms. The van der Waals surface area contributed by atoms with Crippen molar-refractivity contribution in [1.29, 1.82) is 0 Å². The second-order valence-corrected chi connectivity index (χ2v) is 7.14. The van der Waals surface area contributed by atoms with Crippen molar-refractivity contribution in [3.8, 4) is 0 Å². The summed E-state index contributed by atoms with van der Waals surface area (Å²) in [5.74, 6) is 0. The number of nitro groups is 3. The van der Waals surface area contributed by atoms with Crippen molar-refractivity contribution in [2.45, 2.75) is 51.6 Å². The summed E-state index contributed by atoms with van der Waals surface area (Å²) in [6.07, 6.45) is 1.70. The second kappa shape index (κ2) is 7.37. The van der Waals surface area contributed by atoms with E-state index < -0.39 is 25.8 Å². The fraction of sp³-hybridized carbons (Fsp3) is 0.500. The van der Waals surface area contributed by atoms with Gasteiger partial charge in [0.25, 0.3) is 5.69 Å². The maximum atomic E-state index is 11.2. The average Bonchev–Trinajstić information content (AvgIpc) is 2.46. The predicted octanol–water partition coefficient (Wildman–Crippen LogP) is 3.87. The minimum atomic E-state index is -1.28. The van der Waals surface area contributed by atoms with Crippen molar-refractivity contribution >= 4 is 11.8 Å². The summed E-state index contributed by atoms with van der Waals surface area (Å²) in [6.45, 7) is 5.82. The van der Waals surface area contributed by atoms with Gasteiger partial charge in [-0.1, -0.05) is 11.6 Å². The van der Waals surface area contributed by atoms with E-state index in [0.29, 0.717) is 11.1 Å². The number of nitro benzene ring substituents is 1. The van der Waals surface area contributed by atoms with E-state index >= 15 is 0 Å². The van der Waals surface area contributed by atoms with E-state index in [-0.39, 0.29) is 18.5 Å².